The number of nitrogens with two attached hydrogens (primary N) is 2. The van der Waals surface area contributed by atoms with Gasteiger partial charge in [-0.3, -0.25) is 4.84 Å². The summed E-state index contributed by atoms with van der Waals surface area (Å²) < 4.78 is 0. The topological polar surface area (TPSA) is 132 Å². The summed E-state index contributed by atoms with van der Waals surface area (Å²) in [6.45, 7) is 0.584. The van der Waals surface area contributed by atoms with Crippen LogP contribution in [0, 0.1) is 0 Å². The Labute approximate surface area is 86.6 Å². The van der Waals surface area contributed by atoms with Crippen molar-refractivity contribution >= 4 is 17.8 Å². The number of aliphatic hydroxyl groups excluding tert-OH is 1. The van der Waals surface area contributed by atoms with Crippen LogP contribution < -0.4 is 16.9 Å². The predicted molar refractivity (Wildman–Crippen MR) is 54.5 cm³/mol. The van der Waals surface area contributed by atoms with Gasteiger partial charge in [0.05, 0.1) is 6.61 Å². The van der Waals surface area contributed by atoms with Gasteiger partial charge in [-0.05, 0) is 12.8 Å². The van der Waals surface area contributed by atoms with E-state index in [4.69, 9.17) is 21.4 Å². The van der Waals surface area contributed by atoms with Crippen LogP contribution in [-0.2, 0) is 4.84 Å². The third-order valence-electron chi connectivity index (χ3n) is 1.49. The zero-order valence-corrected chi connectivity index (χ0v) is 8.18. The molecule has 1 aromatic rings. The van der Waals surface area contributed by atoms with Crippen LogP contribution in [0.15, 0.2) is 0 Å². The summed E-state index contributed by atoms with van der Waals surface area (Å²) in [4.78, 5) is 16.1. The van der Waals surface area contributed by atoms with Gasteiger partial charge in [-0.15, -0.1) is 0 Å². The Morgan fingerprint density at radius 2 is 1.80 bits per heavy atom. The molecule has 0 saturated heterocycles. The largest absolute Gasteiger partial charge is 0.396 e. The molecule has 1 rings (SSSR count). The molecule has 6 N–H and O–H groups in total. The average Bonchev–Trinajstić information content (AvgIpc) is 2.16. The first-order valence-electron chi connectivity index (χ1n) is 4.48. The fourth-order valence-electron chi connectivity index (χ4n) is 0.857. The normalized spacial score (nSPS) is 10.2. The van der Waals surface area contributed by atoms with Crippen molar-refractivity contribution in [3.05, 3.63) is 0 Å². The zero-order chi connectivity index (χ0) is 11.1. The average molecular weight is 214 g/mol. The van der Waals surface area contributed by atoms with Crippen LogP contribution in [-0.4, -0.2) is 33.3 Å². The van der Waals surface area contributed by atoms with E-state index in [2.05, 4.69) is 20.4 Å². The molecule has 0 unspecified atom stereocenters. The summed E-state index contributed by atoms with van der Waals surface area (Å²) >= 11 is 0. The third kappa shape index (κ3) is 4.38. The van der Waals surface area contributed by atoms with Crippen molar-refractivity contribution in [3.8, 4) is 0 Å². The van der Waals surface area contributed by atoms with Gasteiger partial charge >= 0.3 is 0 Å². The molecular weight excluding hydrogens is 200 g/mol. The van der Waals surface area contributed by atoms with Crippen LogP contribution in [0.1, 0.15) is 12.8 Å². The summed E-state index contributed by atoms with van der Waals surface area (Å²) in [5.41, 5.74) is 13.2. The van der Waals surface area contributed by atoms with Crippen LogP contribution in [0.5, 0.6) is 0 Å². The maximum atomic E-state index is 8.51. The lowest BCUT2D eigenvalue weighted by Crippen LogP contribution is -2.10. The Morgan fingerprint density at radius 3 is 2.40 bits per heavy atom. The second-order valence-electron chi connectivity index (χ2n) is 2.76. The number of anilines is 3. The molecule has 1 aromatic heterocycles. The first-order valence-corrected chi connectivity index (χ1v) is 4.48. The molecule has 8 nitrogen and oxygen atoms in total. The predicted octanol–water partition coefficient (Wildman–Crippen LogP) is -0.848. The molecule has 0 aromatic carbocycles. The van der Waals surface area contributed by atoms with Gasteiger partial charge in [0.25, 0.3) is 5.95 Å². The van der Waals surface area contributed by atoms with E-state index in [1.807, 2.05) is 0 Å². The SMILES string of the molecule is Nc1nc(N)nc(NOCCCCO)n1. The monoisotopic (exact) mass is 214 g/mol. The van der Waals surface area contributed by atoms with E-state index in [0.29, 0.717) is 13.0 Å². The van der Waals surface area contributed by atoms with Crippen LogP contribution in [0.25, 0.3) is 0 Å². The summed E-state index contributed by atoms with van der Waals surface area (Å²) in [5, 5.41) is 8.51. The highest BCUT2D eigenvalue weighted by atomic mass is 16.6. The molecule has 0 bridgehead atoms. The molecule has 84 valence electrons. The molecule has 0 saturated carbocycles. The highest BCUT2D eigenvalue weighted by Gasteiger charge is 2.00. The van der Waals surface area contributed by atoms with Crippen molar-refractivity contribution in [2.75, 3.05) is 30.2 Å². The van der Waals surface area contributed by atoms with Gasteiger partial charge in [0, 0.05) is 6.61 Å². The summed E-state index contributed by atoms with van der Waals surface area (Å²) in [6.07, 6.45) is 1.42. The van der Waals surface area contributed by atoms with Gasteiger partial charge < -0.3 is 16.6 Å². The number of hydrogen-bond acceptors (Lipinski definition) is 8. The van der Waals surface area contributed by atoms with E-state index in [1.165, 1.54) is 0 Å². The minimum absolute atomic E-state index is 0.0314. The van der Waals surface area contributed by atoms with Gasteiger partial charge in [0.2, 0.25) is 11.9 Å². The van der Waals surface area contributed by atoms with Gasteiger partial charge in [-0.25, -0.2) is 5.48 Å². The highest BCUT2D eigenvalue weighted by Crippen LogP contribution is 2.03. The first-order chi connectivity index (χ1) is 7.22. The number of hydrogen-bond donors (Lipinski definition) is 4. The van der Waals surface area contributed by atoms with Crippen molar-refractivity contribution < 1.29 is 9.94 Å². The Kier molecular flexibility index (Phi) is 4.51. The summed E-state index contributed by atoms with van der Waals surface area (Å²) in [6, 6.07) is 0. The van der Waals surface area contributed by atoms with E-state index in [1.54, 1.807) is 0 Å². The second kappa shape index (κ2) is 5.94. The van der Waals surface area contributed by atoms with Crippen molar-refractivity contribution in [2.24, 2.45) is 0 Å². The fourth-order valence-corrected chi connectivity index (χ4v) is 0.857. The van der Waals surface area contributed by atoms with E-state index in [0.717, 1.165) is 6.42 Å². The Bertz CT molecular complexity index is 287. The van der Waals surface area contributed by atoms with Crippen molar-refractivity contribution in [3.63, 3.8) is 0 Å². The van der Waals surface area contributed by atoms with Crippen molar-refractivity contribution in [2.45, 2.75) is 12.8 Å². The van der Waals surface area contributed by atoms with E-state index < -0.39 is 0 Å². The first kappa shape index (κ1) is 11.4. The number of rotatable bonds is 6. The fraction of sp³-hybridized carbons (Fsp3) is 0.571. The standard InChI is InChI=1S/C7H14N6O2/c8-5-10-6(9)12-7(11-5)13-15-4-2-1-3-14/h14H,1-4H2,(H5,8,9,10,11,12,13). The third-order valence-corrected chi connectivity index (χ3v) is 1.49. The van der Waals surface area contributed by atoms with Crippen molar-refractivity contribution in [1.29, 1.82) is 0 Å². The van der Waals surface area contributed by atoms with Gasteiger partial charge in [-0.1, -0.05) is 0 Å². The molecule has 15 heavy (non-hydrogen) atoms. The number of unbranched alkanes of at least 4 members (excludes halogenated alkanes) is 1. The maximum absolute atomic E-state index is 8.51. The van der Waals surface area contributed by atoms with E-state index in [-0.39, 0.29) is 24.5 Å². The summed E-state index contributed by atoms with van der Waals surface area (Å²) in [7, 11) is 0. The minimum Gasteiger partial charge on any atom is -0.396 e. The molecule has 0 atom stereocenters. The number of nitrogens with one attached hydrogen (secondary N) is 1. The van der Waals surface area contributed by atoms with Crippen LogP contribution >= 0.6 is 0 Å². The molecule has 0 radical (unpaired) electrons. The van der Waals surface area contributed by atoms with E-state index in [9.17, 15) is 0 Å². The molecular formula is C7H14N6O2. The zero-order valence-electron chi connectivity index (χ0n) is 8.18. The molecule has 8 heteroatoms. The minimum atomic E-state index is 0.0314. The number of nitrogens with zero attached hydrogens (tertiary/aromatic N) is 3. The van der Waals surface area contributed by atoms with Gasteiger partial charge in [0.15, 0.2) is 0 Å². The highest BCUT2D eigenvalue weighted by molar-refractivity contribution is 5.35. The summed E-state index contributed by atoms with van der Waals surface area (Å²) in [5.74, 6) is 0.233. The van der Waals surface area contributed by atoms with E-state index >= 15 is 0 Å². The van der Waals surface area contributed by atoms with Crippen LogP contribution in [0.3, 0.4) is 0 Å². The van der Waals surface area contributed by atoms with Crippen molar-refractivity contribution in [1.82, 2.24) is 15.0 Å². The molecule has 0 amide bonds. The number of aromatic nitrogens is 3. The number of aliphatic hydroxyl groups is 1. The number of nitrogen functional groups attached to an aromatic ring is 2. The molecule has 0 fully saturated rings. The smallest absolute Gasteiger partial charge is 0.253 e. The van der Waals surface area contributed by atoms with Crippen LogP contribution in [0.4, 0.5) is 17.8 Å². The molecule has 0 aliphatic carbocycles. The lowest BCUT2D eigenvalue weighted by atomic mass is 10.3. The Hall–Kier alpha value is -1.67. The molecule has 1 heterocycles. The maximum Gasteiger partial charge on any atom is 0.253 e. The Balaban J connectivity index is 2.31. The second-order valence-corrected chi connectivity index (χ2v) is 2.76. The molecule has 0 spiro atoms. The Morgan fingerprint density at radius 1 is 1.13 bits per heavy atom. The van der Waals surface area contributed by atoms with Gasteiger partial charge in [-0.2, -0.15) is 15.0 Å². The molecule has 0 aliphatic rings. The quantitative estimate of drug-likeness (QED) is 0.355. The van der Waals surface area contributed by atoms with Gasteiger partial charge in [0.1, 0.15) is 0 Å². The lowest BCUT2D eigenvalue weighted by Gasteiger charge is -2.05. The lowest BCUT2D eigenvalue weighted by molar-refractivity contribution is 0.175. The van der Waals surface area contributed by atoms with Crippen LogP contribution in [0.2, 0.25) is 0 Å². The molecule has 0 aliphatic heterocycles.